The number of amides is 1. The third-order valence-electron chi connectivity index (χ3n) is 3.92. The lowest BCUT2D eigenvalue weighted by Crippen LogP contribution is -2.41. The molecule has 128 valence electrons. The summed E-state index contributed by atoms with van der Waals surface area (Å²) in [5.74, 6) is 0.768. The van der Waals surface area contributed by atoms with Crippen LogP contribution in [0, 0.1) is 5.92 Å². The first kappa shape index (κ1) is 18.0. The Hall–Kier alpha value is -2.33. The van der Waals surface area contributed by atoms with Crippen molar-refractivity contribution in [3.63, 3.8) is 0 Å². The van der Waals surface area contributed by atoms with Gasteiger partial charge in [0.25, 0.3) is 5.91 Å². The van der Waals surface area contributed by atoms with Crippen molar-refractivity contribution in [2.75, 3.05) is 13.2 Å². The molecule has 0 aliphatic rings. The van der Waals surface area contributed by atoms with Crippen molar-refractivity contribution in [1.82, 2.24) is 5.32 Å². The fourth-order valence-electron chi connectivity index (χ4n) is 2.55. The van der Waals surface area contributed by atoms with E-state index in [-0.39, 0.29) is 31.1 Å². The van der Waals surface area contributed by atoms with Gasteiger partial charge in [0.1, 0.15) is 5.75 Å². The summed E-state index contributed by atoms with van der Waals surface area (Å²) in [6.45, 7) is 4.05. The van der Waals surface area contributed by atoms with E-state index < -0.39 is 0 Å². The Bertz CT molecular complexity index is 640. The Labute approximate surface area is 143 Å². The Morgan fingerprint density at radius 2 is 1.75 bits per heavy atom. The van der Waals surface area contributed by atoms with Crippen molar-refractivity contribution in [3.8, 4) is 16.9 Å². The van der Waals surface area contributed by atoms with Gasteiger partial charge in [-0.15, -0.1) is 0 Å². The number of aliphatic hydroxyl groups is 1. The van der Waals surface area contributed by atoms with Gasteiger partial charge in [-0.25, -0.2) is 0 Å². The van der Waals surface area contributed by atoms with Gasteiger partial charge in [-0.1, -0.05) is 62.4 Å². The topological polar surface area (TPSA) is 58.6 Å². The number of rotatable bonds is 8. The normalized spacial score (nSPS) is 12.0. The predicted octanol–water partition coefficient (Wildman–Crippen LogP) is 3.26. The lowest BCUT2D eigenvalue weighted by molar-refractivity contribution is -0.124. The molecule has 0 aliphatic heterocycles. The molecule has 0 aromatic heterocycles. The zero-order chi connectivity index (χ0) is 17.4. The van der Waals surface area contributed by atoms with E-state index >= 15 is 0 Å². The highest BCUT2D eigenvalue weighted by Gasteiger charge is 2.16. The molecule has 2 N–H and O–H groups in total. The van der Waals surface area contributed by atoms with E-state index in [0.717, 1.165) is 11.1 Å². The monoisotopic (exact) mass is 327 g/mol. The van der Waals surface area contributed by atoms with Crippen molar-refractivity contribution in [2.24, 2.45) is 5.92 Å². The minimum atomic E-state index is -0.176. The molecule has 0 aliphatic carbocycles. The number of hydrogen-bond acceptors (Lipinski definition) is 3. The Balaban J connectivity index is 2.01. The second kappa shape index (κ2) is 9.08. The highest BCUT2D eigenvalue weighted by Crippen LogP contribution is 2.29. The molecular formula is C20H25NO3. The van der Waals surface area contributed by atoms with Gasteiger partial charge in [0.05, 0.1) is 0 Å². The van der Waals surface area contributed by atoms with Gasteiger partial charge in [-0.05, 0) is 24.0 Å². The smallest absolute Gasteiger partial charge is 0.258 e. The zero-order valence-electron chi connectivity index (χ0n) is 14.2. The maximum Gasteiger partial charge on any atom is 0.258 e. The molecule has 1 atom stereocenters. The molecular weight excluding hydrogens is 302 g/mol. The maximum atomic E-state index is 12.1. The van der Waals surface area contributed by atoms with Crippen molar-refractivity contribution in [2.45, 2.75) is 26.3 Å². The van der Waals surface area contributed by atoms with E-state index in [4.69, 9.17) is 9.84 Å². The second-order valence-electron chi connectivity index (χ2n) is 6.08. The van der Waals surface area contributed by atoms with Crippen LogP contribution in [0.15, 0.2) is 54.6 Å². The largest absolute Gasteiger partial charge is 0.483 e. The number of nitrogens with one attached hydrogen (secondary N) is 1. The summed E-state index contributed by atoms with van der Waals surface area (Å²) in [6.07, 6.45) is 0.546. The number of carbonyl (C=O) groups is 1. The molecule has 4 heteroatoms. The molecule has 0 spiro atoms. The first-order valence-electron chi connectivity index (χ1n) is 8.29. The molecule has 2 rings (SSSR count). The highest BCUT2D eigenvalue weighted by atomic mass is 16.5. The molecule has 2 aromatic carbocycles. The number of benzene rings is 2. The summed E-state index contributed by atoms with van der Waals surface area (Å²) in [7, 11) is 0. The molecule has 4 nitrogen and oxygen atoms in total. The highest BCUT2D eigenvalue weighted by molar-refractivity contribution is 5.78. The van der Waals surface area contributed by atoms with Crippen LogP contribution < -0.4 is 10.1 Å². The van der Waals surface area contributed by atoms with Gasteiger partial charge < -0.3 is 15.2 Å². The Morgan fingerprint density at radius 1 is 1.08 bits per heavy atom. The summed E-state index contributed by atoms with van der Waals surface area (Å²) >= 11 is 0. The fourth-order valence-corrected chi connectivity index (χ4v) is 2.55. The van der Waals surface area contributed by atoms with Gasteiger partial charge in [0.15, 0.2) is 6.61 Å². The molecule has 0 radical (unpaired) electrons. The van der Waals surface area contributed by atoms with Crippen molar-refractivity contribution < 1.29 is 14.6 Å². The van der Waals surface area contributed by atoms with Gasteiger partial charge in [-0.3, -0.25) is 4.79 Å². The van der Waals surface area contributed by atoms with Crippen molar-refractivity contribution in [1.29, 1.82) is 0 Å². The maximum absolute atomic E-state index is 12.1. The number of ether oxygens (including phenoxy) is 1. The summed E-state index contributed by atoms with van der Waals surface area (Å²) in [4.78, 5) is 12.1. The minimum Gasteiger partial charge on any atom is -0.483 e. The molecule has 0 fully saturated rings. The van der Waals surface area contributed by atoms with Crippen LogP contribution in [-0.2, 0) is 4.79 Å². The molecule has 0 bridgehead atoms. The molecule has 1 unspecified atom stereocenters. The average molecular weight is 327 g/mol. The van der Waals surface area contributed by atoms with E-state index in [1.807, 2.05) is 68.4 Å². The number of hydrogen-bond donors (Lipinski definition) is 2. The van der Waals surface area contributed by atoms with Crippen LogP contribution in [0.3, 0.4) is 0 Å². The predicted molar refractivity (Wildman–Crippen MR) is 95.8 cm³/mol. The standard InChI is InChI=1S/C20H25NO3/c1-15(2)18(12-13-22)21-20(23)14-24-19-11-7-6-10-17(19)16-8-4-3-5-9-16/h3-11,15,18,22H,12-14H2,1-2H3,(H,21,23). The number of carbonyl (C=O) groups excluding carboxylic acids is 1. The van der Waals surface area contributed by atoms with E-state index in [9.17, 15) is 4.79 Å². The van der Waals surface area contributed by atoms with Crippen molar-refractivity contribution in [3.05, 3.63) is 54.6 Å². The number of aliphatic hydroxyl groups excluding tert-OH is 1. The van der Waals surface area contributed by atoms with E-state index in [1.54, 1.807) is 0 Å². The van der Waals surface area contributed by atoms with Crippen LogP contribution in [-0.4, -0.2) is 30.3 Å². The number of para-hydroxylation sites is 1. The quantitative estimate of drug-likeness (QED) is 0.782. The van der Waals surface area contributed by atoms with Gasteiger partial charge in [-0.2, -0.15) is 0 Å². The molecule has 1 amide bonds. The minimum absolute atomic E-state index is 0.0432. The molecule has 2 aromatic rings. The zero-order valence-corrected chi connectivity index (χ0v) is 14.2. The van der Waals surface area contributed by atoms with Gasteiger partial charge in [0.2, 0.25) is 0 Å². The van der Waals surface area contributed by atoms with E-state index in [1.165, 1.54) is 0 Å². The van der Waals surface area contributed by atoms with Crippen molar-refractivity contribution >= 4 is 5.91 Å². The van der Waals surface area contributed by atoms with Crippen LogP contribution >= 0.6 is 0 Å². The molecule has 0 saturated heterocycles. The van der Waals surface area contributed by atoms with Gasteiger partial charge >= 0.3 is 0 Å². The first-order valence-corrected chi connectivity index (χ1v) is 8.29. The van der Waals surface area contributed by atoms with E-state index in [2.05, 4.69) is 5.32 Å². The first-order chi connectivity index (χ1) is 11.6. The lowest BCUT2D eigenvalue weighted by atomic mass is 10.0. The van der Waals surface area contributed by atoms with Gasteiger partial charge in [0, 0.05) is 18.2 Å². The second-order valence-corrected chi connectivity index (χ2v) is 6.08. The summed E-state index contributed by atoms with van der Waals surface area (Å²) in [5.41, 5.74) is 2.01. The average Bonchev–Trinajstić information content (AvgIpc) is 2.60. The van der Waals surface area contributed by atoms with Crippen LogP contribution in [0.2, 0.25) is 0 Å². The van der Waals surface area contributed by atoms with Crippen LogP contribution in [0.25, 0.3) is 11.1 Å². The van der Waals surface area contributed by atoms with Crippen LogP contribution in [0.4, 0.5) is 0 Å². The Morgan fingerprint density at radius 3 is 2.42 bits per heavy atom. The lowest BCUT2D eigenvalue weighted by Gasteiger charge is -2.21. The van der Waals surface area contributed by atoms with Crippen LogP contribution in [0.1, 0.15) is 20.3 Å². The Kier molecular flexibility index (Phi) is 6.82. The summed E-state index contributed by atoms with van der Waals surface area (Å²) in [6, 6.07) is 17.6. The van der Waals surface area contributed by atoms with Crippen LogP contribution in [0.5, 0.6) is 5.75 Å². The van der Waals surface area contributed by atoms with E-state index in [0.29, 0.717) is 12.2 Å². The third-order valence-corrected chi connectivity index (χ3v) is 3.92. The molecule has 24 heavy (non-hydrogen) atoms. The fraction of sp³-hybridized carbons (Fsp3) is 0.350. The summed E-state index contributed by atoms with van der Waals surface area (Å²) in [5, 5.41) is 12.0. The SMILES string of the molecule is CC(C)C(CCO)NC(=O)COc1ccccc1-c1ccccc1. The molecule has 0 heterocycles. The summed E-state index contributed by atoms with van der Waals surface area (Å²) < 4.78 is 5.74. The molecule has 0 saturated carbocycles. The third kappa shape index (κ3) is 5.10.